The second-order valence-corrected chi connectivity index (χ2v) is 0.129. The summed E-state index contributed by atoms with van der Waals surface area (Å²) < 4.78 is 0. The van der Waals surface area contributed by atoms with Crippen LogP contribution in [0.1, 0.15) is 0 Å². The molecule has 0 aliphatic rings. The van der Waals surface area contributed by atoms with Crippen LogP contribution in [0.2, 0.25) is 0 Å². The van der Waals surface area contributed by atoms with E-state index in [1.54, 1.807) is 0 Å². The van der Waals surface area contributed by atoms with E-state index in [2.05, 4.69) is 12.3 Å². The number of rotatable bonds is 0. The van der Waals surface area contributed by atoms with Gasteiger partial charge in [-0.1, -0.05) is 0 Å². The normalized spacial score (nSPS) is 1.50. The van der Waals surface area contributed by atoms with E-state index in [0.717, 1.165) is 0 Å². The van der Waals surface area contributed by atoms with Crippen LogP contribution >= 0.6 is 0 Å². The molecule has 0 atom stereocenters. The fourth-order valence-electron chi connectivity index (χ4n) is 0. The molecule has 0 heterocycles. The minimum atomic E-state index is 0. The first-order valence-electron chi connectivity index (χ1n) is 0.770. The monoisotopic (exact) mass is 111 g/mol. The summed E-state index contributed by atoms with van der Waals surface area (Å²) in [6.45, 7) is 3.50. The molecule has 0 aliphatic carbocycles. The van der Waals surface area contributed by atoms with Crippen molar-refractivity contribution < 1.29 is 0 Å². The molecule has 0 aromatic heterocycles. The zero-order valence-corrected chi connectivity index (χ0v) is 2.55. The van der Waals surface area contributed by atoms with Crippen molar-refractivity contribution >= 4 is 37.7 Å². The Kier molecular flexibility index (Phi) is 211. The minimum absolute atomic E-state index is 0. The van der Waals surface area contributed by atoms with Gasteiger partial charge in [0.25, 0.3) is 0 Å². The second-order valence-electron chi connectivity index (χ2n) is 0.129. The van der Waals surface area contributed by atoms with E-state index in [-0.39, 0.29) is 37.7 Å². The molecule has 2 N–H and O–H groups in total. The number of nitriles is 2. The summed E-state index contributed by atoms with van der Waals surface area (Å²) in [7, 11) is 0. The predicted molar refractivity (Wildman–Crippen MR) is 25.0 cm³/mol. The van der Waals surface area contributed by atoms with Crippen LogP contribution in [-0.2, 0) is 0 Å². The van der Waals surface area contributed by atoms with Gasteiger partial charge >= 0.3 is 37.7 Å². The second kappa shape index (κ2) is 76.1. The van der Waals surface area contributed by atoms with Gasteiger partial charge in [-0.3, -0.25) is 0 Å². The van der Waals surface area contributed by atoms with Crippen LogP contribution in [0.5, 0.6) is 0 Å². The number of hydrogen-bond donors (Lipinski definition) is 1. The van der Waals surface area contributed by atoms with Crippen molar-refractivity contribution in [2.75, 3.05) is 0 Å². The third kappa shape index (κ3) is 23600. The SMILES string of the molecule is C#N.N#CN.[CaH2]. The van der Waals surface area contributed by atoms with Gasteiger partial charge in [-0.2, -0.15) is 5.26 Å². The first-order chi connectivity index (χ1) is 2.41. The van der Waals surface area contributed by atoms with E-state index in [1.165, 1.54) is 6.19 Å². The Balaban J connectivity index is -0.0000000275. The van der Waals surface area contributed by atoms with Crippen molar-refractivity contribution in [1.29, 1.82) is 10.5 Å². The molecule has 0 rings (SSSR count). The number of hydrogen-bond acceptors (Lipinski definition) is 3. The molecule has 0 aliphatic heterocycles. The fourth-order valence-corrected chi connectivity index (χ4v) is 0. The summed E-state index contributed by atoms with van der Waals surface area (Å²) in [6, 6.07) is 0. The topological polar surface area (TPSA) is 73.6 Å². The van der Waals surface area contributed by atoms with E-state index in [1.807, 2.05) is 0 Å². The van der Waals surface area contributed by atoms with Crippen LogP contribution in [0, 0.1) is 23.3 Å². The average Bonchev–Trinajstić information content (AvgIpc) is 1.46. The van der Waals surface area contributed by atoms with E-state index in [0.29, 0.717) is 0 Å². The molecule has 0 spiro atoms. The Morgan fingerprint density at radius 1 is 1.50 bits per heavy atom. The third-order valence-corrected chi connectivity index (χ3v) is 0. The predicted octanol–water partition coefficient (Wildman–Crippen LogP) is -1.35. The zero-order chi connectivity index (χ0) is 4.71. The van der Waals surface area contributed by atoms with Crippen molar-refractivity contribution in [2.24, 2.45) is 5.73 Å². The van der Waals surface area contributed by atoms with Crippen molar-refractivity contribution in [3.8, 4) is 12.8 Å². The van der Waals surface area contributed by atoms with Crippen LogP contribution < -0.4 is 5.73 Å². The van der Waals surface area contributed by atoms with Crippen molar-refractivity contribution in [3.05, 3.63) is 0 Å². The Labute approximate surface area is 66.4 Å². The van der Waals surface area contributed by atoms with Crippen molar-refractivity contribution in [3.63, 3.8) is 0 Å². The molecule has 4 heteroatoms. The Morgan fingerprint density at radius 3 is 1.50 bits per heavy atom. The van der Waals surface area contributed by atoms with Gasteiger partial charge in [0.2, 0.25) is 0 Å². The maximum absolute atomic E-state index is 7.10. The van der Waals surface area contributed by atoms with Gasteiger partial charge in [0.1, 0.15) is 0 Å². The molecule has 0 saturated carbocycles. The number of nitrogens with zero attached hydrogens (tertiary/aromatic N) is 2. The zero-order valence-electron chi connectivity index (χ0n) is 2.55. The first kappa shape index (κ1) is 16.6. The van der Waals surface area contributed by atoms with Gasteiger partial charge in [0.05, 0.1) is 0 Å². The molecule has 30 valence electrons. The molecule has 0 bridgehead atoms. The molecule has 0 aromatic carbocycles. The molecule has 0 aromatic rings. The summed E-state index contributed by atoms with van der Waals surface area (Å²) >= 11 is 0. The van der Waals surface area contributed by atoms with Gasteiger partial charge in [-0.15, -0.1) is 0 Å². The fraction of sp³-hybridized carbons (Fsp3) is 0. The molecule has 6 heavy (non-hydrogen) atoms. The van der Waals surface area contributed by atoms with Crippen LogP contribution in [0.15, 0.2) is 0 Å². The summed E-state index contributed by atoms with van der Waals surface area (Å²) in [5.41, 5.74) is 4.15. The van der Waals surface area contributed by atoms with Crippen LogP contribution in [0.3, 0.4) is 0 Å². The Morgan fingerprint density at radius 2 is 1.50 bits per heavy atom. The summed E-state index contributed by atoms with van der Waals surface area (Å²) in [4.78, 5) is 0. The Bertz CT molecular complexity index is 51.5. The summed E-state index contributed by atoms with van der Waals surface area (Å²) in [5, 5.41) is 13.6. The maximum atomic E-state index is 7.10. The molecular weight excluding hydrogens is 106 g/mol. The molecular formula is C2H5CaN3. The molecule has 0 amide bonds. The van der Waals surface area contributed by atoms with Gasteiger partial charge in [0, 0.05) is 6.57 Å². The van der Waals surface area contributed by atoms with E-state index >= 15 is 0 Å². The molecule has 0 saturated heterocycles. The van der Waals surface area contributed by atoms with E-state index in [4.69, 9.17) is 10.5 Å². The van der Waals surface area contributed by atoms with E-state index < -0.39 is 0 Å². The van der Waals surface area contributed by atoms with Gasteiger partial charge < -0.3 is 5.73 Å². The standard InChI is InChI=1S/CH2N2.CHN.Ca.2H/c2-1-3;1-2;;;/h2H2;1H;;;. The quantitative estimate of drug-likeness (QED) is 0.238. The van der Waals surface area contributed by atoms with Crippen molar-refractivity contribution in [1.82, 2.24) is 0 Å². The van der Waals surface area contributed by atoms with Gasteiger partial charge in [-0.05, 0) is 0 Å². The van der Waals surface area contributed by atoms with Crippen molar-refractivity contribution in [2.45, 2.75) is 0 Å². The first-order valence-corrected chi connectivity index (χ1v) is 0.770. The summed E-state index contributed by atoms with van der Waals surface area (Å²) in [6.07, 6.45) is 1.25. The molecule has 0 radical (unpaired) electrons. The van der Waals surface area contributed by atoms with Gasteiger partial charge in [-0.25, -0.2) is 5.26 Å². The third-order valence-electron chi connectivity index (χ3n) is 0. The van der Waals surface area contributed by atoms with E-state index in [9.17, 15) is 0 Å². The van der Waals surface area contributed by atoms with Crippen LogP contribution in [0.4, 0.5) is 0 Å². The molecule has 0 unspecified atom stereocenters. The molecule has 0 fully saturated rings. The number of nitrogens with two attached hydrogens (primary N) is 1. The van der Waals surface area contributed by atoms with Crippen LogP contribution in [0.25, 0.3) is 0 Å². The van der Waals surface area contributed by atoms with Gasteiger partial charge in [0.15, 0.2) is 6.19 Å². The van der Waals surface area contributed by atoms with Crippen LogP contribution in [-0.4, -0.2) is 37.7 Å². The molecule has 3 nitrogen and oxygen atoms in total. The average molecular weight is 111 g/mol. The Hall–Kier alpha value is 0.0397. The summed E-state index contributed by atoms with van der Waals surface area (Å²) in [5.74, 6) is 0.